The predicted octanol–water partition coefficient (Wildman–Crippen LogP) is 5.37. The normalized spacial score (nSPS) is 23.9. The predicted molar refractivity (Wildman–Crippen MR) is 171 cm³/mol. The maximum Gasteiger partial charge on any atom is 0.245 e. The highest BCUT2D eigenvalue weighted by molar-refractivity contribution is 6.33. The zero-order chi connectivity index (χ0) is 30.1. The van der Waals surface area contributed by atoms with Gasteiger partial charge in [0.1, 0.15) is 0 Å². The first-order chi connectivity index (χ1) is 20.6. The molecular weight excluding hydrogens is 562 g/mol. The van der Waals surface area contributed by atoms with Crippen molar-refractivity contribution in [3.05, 3.63) is 41.2 Å². The molecule has 0 radical (unpaired) electrons. The fourth-order valence-electron chi connectivity index (χ4n) is 8.47. The summed E-state index contributed by atoms with van der Waals surface area (Å²) in [6.07, 6.45) is 7.68. The van der Waals surface area contributed by atoms with Crippen molar-refractivity contribution in [1.82, 2.24) is 29.8 Å². The van der Waals surface area contributed by atoms with Crippen LogP contribution in [-0.2, 0) is 9.53 Å². The van der Waals surface area contributed by atoms with Crippen molar-refractivity contribution in [2.45, 2.75) is 65.0 Å². The number of aromatic nitrogens is 4. The van der Waals surface area contributed by atoms with Crippen molar-refractivity contribution in [1.29, 1.82) is 0 Å². The second-order valence-electron chi connectivity index (χ2n) is 14.1. The van der Waals surface area contributed by atoms with E-state index in [0.717, 1.165) is 111 Å². The van der Waals surface area contributed by atoms with Crippen molar-refractivity contribution >= 4 is 34.2 Å². The minimum atomic E-state index is -0.0576. The van der Waals surface area contributed by atoms with Crippen LogP contribution in [0.4, 0.5) is 5.82 Å². The van der Waals surface area contributed by atoms with Gasteiger partial charge in [0, 0.05) is 77.5 Å². The van der Waals surface area contributed by atoms with E-state index in [1.54, 1.807) is 0 Å². The molecule has 7 rings (SSSR count). The molecule has 1 amide bonds. The molecule has 230 valence electrons. The van der Waals surface area contributed by atoms with E-state index in [1.807, 2.05) is 17.2 Å². The number of carbonyl (C=O) groups excluding carboxylic acids is 1. The van der Waals surface area contributed by atoms with E-state index in [1.165, 1.54) is 17.3 Å². The van der Waals surface area contributed by atoms with Crippen LogP contribution in [0.3, 0.4) is 0 Å². The number of hydrogen-bond donors (Lipinski definition) is 1. The van der Waals surface area contributed by atoms with Crippen LogP contribution in [0.2, 0.25) is 5.02 Å². The average Bonchev–Trinajstić information content (AvgIpc) is 3.52. The number of nitrogens with zero attached hydrogens (tertiary/aromatic N) is 6. The monoisotopic (exact) mass is 605 g/mol. The van der Waals surface area contributed by atoms with E-state index in [4.69, 9.17) is 21.4 Å². The molecule has 2 aromatic heterocycles. The van der Waals surface area contributed by atoms with E-state index in [2.05, 4.69) is 59.0 Å². The number of H-pyrrole nitrogens is 1. The van der Waals surface area contributed by atoms with Gasteiger partial charge in [0.25, 0.3) is 0 Å². The van der Waals surface area contributed by atoms with Crippen molar-refractivity contribution in [3.8, 4) is 11.1 Å². The number of carbonyl (C=O) groups is 1. The first-order valence-electron chi connectivity index (χ1n) is 15.8. The summed E-state index contributed by atoms with van der Waals surface area (Å²) in [5.41, 5.74) is 5.62. The molecule has 3 aliphatic heterocycles. The molecule has 10 heteroatoms. The first kappa shape index (κ1) is 28.9. The van der Waals surface area contributed by atoms with E-state index >= 15 is 0 Å². The molecule has 5 heterocycles. The zero-order valence-electron chi connectivity index (χ0n) is 26.0. The summed E-state index contributed by atoms with van der Waals surface area (Å²) in [7, 11) is 0. The van der Waals surface area contributed by atoms with Gasteiger partial charge in [-0.05, 0) is 77.0 Å². The molecule has 0 bridgehead atoms. The Labute approximate surface area is 259 Å². The molecule has 43 heavy (non-hydrogen) atoms. The van der Waals surface area contributed by atoms with Crippen LogP contribution in [0.5, 0.6) is 0 Å². The number of halogens is 1. The lowest BCUT2D eigenvalue weighted by Crippen LogP contribution is -2.63. The summed E-state index contributed by atoms with van der Waals surface area (Å²) in [6, 6.07) is 2.29. The standard InChI is InChI=1S/C33H44ClN7O2/c1-6-28(42)39-19-33(20-39)15-24(16-33)41-22(3)30(29-21(2)26(34)13-27-25(29)17-35-36-27)31(37-41)40-8-7-23(14-32(40,4)5)18-38-9-11-43-12-10-38/h6,13,17,23-24H,1,7-12,14-16,18-20H2,2-5H3,(H,35,36)/t23-/m1/s1. The number of anilines is 1. The van der Waals surface area contributed by atoms with Gasteiger partial charge in [-0.2, -0.15) is 10.2 Å². The van der Waals surface area contributed by atoms with Crippen LogP contribution in [0.1, 0.15) is 56.8 Å². The summed E-state index contributed by atoms with van der Waals surface area (Å²) < 4.78 is 7.88. The number of likely N-dealkylation sites (tertiary alicyclic amines) is 1. The highest BCUT2D eigenvalue weighted by Crippen LogP contribution is 2.56. The molecule has 1 saturated carbocycles. The SMILES string of the molecule is C=CC(=O)N1CC2(CC(n3nc(N4CC[C@@H](CN5CCOCC5)CC4(C)C)c(-c4c(C)c(Cl)cc5[nH]ncc45)c3C)C2)C1. The van der Waals surface area contributed by atoms with Crippen molar-refractivity contribution in [2.75, 3.05) is 57.4 Å². The summed E-state index contributed by atoms with van der Waals surface area (Å²) >= 11 is 6.84. The van der Waals surface area contributed by atoms with E-state index in [0.29, 0.717) is 12.0 Å². The largest absolute Gasteiger partial charge is 0.379 e. The Balaban J connectivity index is 1.23. The number of rotatable bonds is 6. The molecule has 1 atom stereocenters. The van der Waals surface area contributed by atoms with Crippen molar-refractivity contribution < 1.29 is 9.53 Å². The van der Waals surface area contributed by atoms with Crippen LogP contribution < -0.4 is 4.90 Å². The zero-order valence-corrected chi connectivity index (χ0v) is 26.7. The molecule has 1 spiro atoms. The maximum atomic E-state index is 12.1. The number of piperidine rings is 1. The molecule has 3 saturated heterocycles. The van der Waals surface area contributed by atoms with Crippen LogP contribution in [0, 0.1) is 25.2 Å². The topological polar surface area (TPSA) is 82.5 Å². The molecule has 1 aromatic carbocycles. The first-order valence-corrected chi connectivity index (χ1v) is 16.2. The number of amides is 1. The second-order valence-corrected chi connectivity index (χ2v) is 14.5. The smallest absolute Gasteiger partial charge is 0.245 e. The summed E-state index contributed by atoms with van der Waals surface area (Å²) in [4.78, 5) is 19.2. The number of nitrogens with one attached hydrogen (secondary N) is 1. The van der Waals surface area contributed by atoms with Gasteiger partial charge in [-0.3, -0.25) is 19.5 Å². The Bertz CT molecular complexity index is 1550. The van der Waals surface area contributed by atoms with Gasteiger partial charge in [0.05, 0.1) is 31.0 Å². The lowest BCUT2D eigenvalue weighted by Gasteiger charge is -2.58. The summed E-state index contributed by atoms with van der Waals surface area (Å²) in [5, 5.41) is 14.8. The number of ether oxygens (including phenoxy) is 1. The Morgan fingerprint density at radius 2 is 1.91 bits per heavy atom. The highest BCUT2D eigenvalue weighted by atomic mass is 35.5. The Kier molecular flexibility index (Phi) is 7.14. The average molecular weight is 606 g/mol. The third-order valence-electron chi connectivity index (χ3n) is 10.7. The van der Waals surface area contributed by atoms with Crippen LogP contribution >= 0.6 is 11.6 Å². The van der Waals surface area contributed by atoms with E-state index in [-0.39, 0.29) is 16.9 Å². The number of morpholine rings is 1. The number of aromatic amines is 1. The van der Waals surface area contributed by atoms with Gasteiger partial charge in [-0.1, -0.05) is 18.2 Å². The molecule has 1 aliphatic carbocycles. The van der Waals surface area contributed by atoms with Gasteiger partial charge in [-0.15, -0.1) is 0 Å². The Morgan fingerprint density at radius 1 is 1.16 bits per heavy atom. The molecular formula is C33H44ClN7O2. The quantitative estimate of drug-likeness (QED) is 0.380. The third-order valence-corrected chi connectivity index (χ3v) is 11.1. The van der Waals surface area contributed by atoms with E-state index < -0.39 is 0 Å². The highest BCUT2D eigenvalue weighted by Gasteiger charge is 2.54. The number of fused-ring (bicyclic) bond motifs is 1. The maximum absolute atomic E-state index is 12.1. The molecule has 4 fully saturated rings. The van der Waals surface area contributed by atoms with E-state index in [9.17, 15) is 4.79 Å². The molecule has 1 N–H and O–H groups in total. The molecule has 3 aromatic rings. The van der Waals surface area contributed by atoms with Gasteiger partial charge in [-0.25, -0.2) is 0 Å². The number of benzene rings is 1. The van der Waals surface area contributed by atoms with Crippen molar-refractivity contribution in [3.63, 3.8) is 0 Å². The van der Waals surface area contributed by atoms with Crippen LogP contribution in [0.25, 0.3) is 22.0 Å². The van der Waals surface area contributed by atoms with Crippen LogP contribution in [-0.4, -0.2) is 93.7 Å². The minimum absolute atomic E-state index is 0.0359. The minimum Gasteiger partial charge on any atom is -0.379 e. The third kappa shape index (κ3) is 4.88. The molecule has 9 nitrogen and oxygen atoms in total. The van der Waals surface area contributed by atoms with Gasteiger partial charge >= 0.3 is 0 Å². The summed E-state index contributed by atoms with van der Waals surface area (Å²) in [5.74, 6) is 1.74. The van der Waals surface area contributed by atoms with Gasteiger partial charge in [0.2, 0.25) is 5.91 Å². The van der Waals surface area contributed by atoms with Crippen LogP contribution in [0.15, 0.2) is 24.9 Å². The summed E-state index contributed by atoms with van der Waals surface area (Å²) in [6.45, 7) is 20.2. The van der Waals surface area contributed by atoms with Crippen molar-refractivity contribution in [2.24, 2.45) is 11.3 Å². The Hall–Kier alpha value is -2.88. The molecule has 4 aliphatic rings. The fraction of sp³-hybridized carbons (Fsp3) is 0.606. The number of hydrogen-bond acceptors (Lipinski definition) is 6. The van der Waals surface area contributed by atoms with Gasteiger partial charge < -0.3 is 14.5 Å². The second kappa shape index (κ2) is 10.6. The Morgan fingerprint density at radius 3 is 2.60 bits per heavy atom. The lowest BCUT2D eigenvalue weighted by atomic mass is 9.60. The molecule has 0 unspecified atom stereocenters. The van der Waals surface area contributed by atoms with Gasteiger partial charge in [0.15, 0.2) is 5.82 Å². The lowest BCUT2D eigenvalue weighted by molar-refractivity contribution is -0.149. The fourth-order valence-corrected chi connectivity index (χ4v) is 8.68.